The van der Waals surface area contributed by atoms with Gasteiger partial charge in [0.15, 0.2) is 5.96 Å². The van der Waals surface area contributed by atoms with Gasteiger partial charge in [-0.2, -0.15) is 8.42 Å². The summed E-state index contributed by atoms with van der Waals surface area (Å²) in [5, 5.41) is 3.28. The molecule has 1 aromatic carbocycles. The Bertz CT molecular complexity index is 519. The van der Waals surface area contributed by atoms with Crippen molar-refractivity contribution in [3.05, 3.63) is 35.4 Å². The van der Waals surface area contributed by atoms with Gasteiger partial charge >= 0.3 is 10.4 Å². The summed E-state index contributed by atoms with van der Waals surface area (Å²) >= 11 is 0. The molecule has 0 aliphatic heterocycles. The summed E-state index contributed by atoms with van der Waals surface area (Å²) in [6, 6.07) is 8.30. The molecule has 114 valence electrons. The summed E-state index contributed by atoms with van der Waals surface area (Å²) in [5.74, 6) is 0.146. The number of hydrogen-bond donors (Lipinski definition) is 5. The predicted octanol–water partition coefficient (Wildman–Crippen LogP) is -0.295. The van der Waals surface area contributed by atoms with Crippen LogP contribution in [0.4, 0.5) is 0 Å². The van der Waals surface area contributed by atoms with Crippen LogP contribution in [-0.4, -0.2) is 36.6 Å². The van der Waals surface area contributed by atoms with Crippen LogP contribution in [0.2, 0.25) is 0 Å². The second-order valence-electron chi connectivity index (χ2n) is 3.86. The maximum absolute atomic E-state index is 8.74. The van der Waals surface area contributed by atoms with E-state index in [0.717, 1.165) is 13.1 Å². The molecule has 20 heavy (non-hydrogen) atoms. The van der Waals surface area contributed by atoms with Crippen molar-refractivity contribution in [1.82, 2.24) is 5.32 Å². The highest BCUT2D eigenvalue weighted by molar-refractivity contribution is 7.79. The monoisotopic (exact) mass is 304 g/mol. The molecule has 0 unspecified atom stereocenters. The fourth-order valence-electron chi connectivity index (χ4n) is 1.30. The smallest absolute Gasteiger partial charge is 0.370 e. The molecule has 0 spiro atoms. The minimum Gasteiger partial charge on any atom is -0.370 e. The molecule has 0 amide bonds. The van der Waals surface area contributed by atoms with Crippen LogP contribution in [0.5, 0.6) is 0 Å². The summed E-state index contributed by atoms with van der Waals surface area (Å²) in [7, 11) is -4.67. The molecular formula is C11H20N4O4S. The molecule has 0 saturated carbocycles. The average molecular weight is 304 g/mol. The van der Waals surface area contributed by atoms with Crippen LogP contribution in [0.1, 0.15) is 11.1 Å². The van der Waals surface area contributed by atoms with Crippen molar-refractivity contribution in [2.75, 3.05) is 13.1 Å². The highest BCUT2D eigenvalue weighted by Crippen LogP contribution is 2.05. The van der Waals surface area contributed by atoms with Crippen molar-refractivity contribution in [3.63, 3.8) is 0 Å². The zero-order valence-electron chi connectivity index (χ0n) is 11.2. The Hall–Kier alpha value is -1.68. The van der Waals surface area contributed by atoms with Crippen molar-refractivity contribution in [2.45, 2.75) is 13.5 Å². The molecular weight excluding hydrogens is 284 g/mol. The Balaban J connectivity index is 0.000000621. The van der Waals surface area contributed by atoms with Gasteiger partial charge in [-0.25, -0.2) is 0 Å². The Morgan fingerprint density at radius 1 is 1.30 bits per heavy atom. The standard InChI is InChI=1S/C11H18N4.H2O4S/c1-9-4-2-3-5-10(9)8-14-6-7-15-11(12)13;1-5(2,3)4/h2-5,14H,6-8H2,1H3,(H4,12,13,15);(H2,1,2,3,4). The highest BCUT2D eigenvalue weighted by Gasteiger charge is 1.95. The molecule has 0 aromatic heterocycles. The summed E-state index contributed by atoms with van der Waals surface area (Å²) in [6.45, 7) is 4.36. The third-order valence-electron chi connectivity index (χ3n) is 2.16. The average Bonchev–Trinajstić information content (AvgIpc) is 2.28. The summed E-state index contributed by atoms with van der Waals surface area (Å²) < 4.78 is 31.6. The Morgan fingerprint density at radius 2 is 1.85 bits per heavy atom. The third-order valence-corrected chi connectivity index (χ3v) is 2.16. The fourth-order valence-corrected chi connectivity index (χ4v) is 1.30. The summed E-state index contributed by atoms with van der Waals surface area (Å²) in [6.07, 6.45) is 0. The second-order valence-corrected chi connectivity index (χ2v) is 4.75. The molecule has 0 saturated heterocycles. The first kappa shape index (κ1) is 18.3. The molecule has 7 N–H and O–H groups in total. The van der Waals surface area contributed by atoms with Crippen molar-refractivity contribution in [3.8, 4) is 0 Å². The number of nitrogens with two attached hydrogens (primary N) is 2. The van der Waals surface area contributed by atoms with Crippen LogP contribution in [-0.2, 0) is 16.9 Å². The number of nitrogens with one attached hydrogen (secondary N) is 1. The van der Waals surface area contributed by atoms with E-state index >= 15 is 0 Å². The van der Waals surface area contributed by atoms with E-state index < -0.39 is 10.4 Å². The van der Waals surface area contributed by atoms with Crippen LogP contribution < -0.4 is 16.8 Å². The highest BCUT2D eigenvalue weighted by atomic mass is 32.3. The number of guanidine groups is 1. The zero-order valence-corrected chi connectivity index (χ0v) is 12.0. The molecule has 0 radical (unpaired) electrons. The Labute approximate surface area is 118 Å². The largest absolute Gasteiger partial charge is 0.394 e. The predicted molar refractivity (Wildman–Crippen MR) is 77.7 cm³/mol. The van der Waals surface area contributed by atoms with Gasteiger partial charge in [0.1, 0.15) is 0 Å². The SMILES string of the molecule is Cc1ccccc1CNCCN=C(N)N.O=S(=O)(O)O. The molecule has 0 fully saturated rings. The molecule has 0 heterocycles. The molecule has 0 bridgehead atoms. The van der Waals surface area contributed by atoms with Crippen LogP contribution in [0, 0.1) is 6.92 Å². The van der Waals surface area contributed by atoms with E-state index in [1.54, 1.807) is 0 Å². The maximum atomic E-state index is 8.74. The maximum Gasteiger partial charge on any atom is 0.394 e. The fraction of sp³-hybridized carbons (Fsp3) is 0.364. The molecule has 1 rings (SSSR count). The van der Waals surface area contributed by atoms with Gasteiger partial charge < -0.3 is 16.8 Å². The topological polar surface area (TPSA) is 151 Å². The molecule has 1 aromatic rings. The van der Waals surface area contributed by atoms with Crippen LogP contribution in [0.25, 0.3) is 0 Å². The first-order chi connectivity index (χ1) is 9.20. The molecule has 8 nitrogen and oxygen atoms in total. The molecule has 0 aliphatic carbocycles. The van der Waals surface area contributed by atoms with E-state index in [0.29, 0.717) is 6.54 Å². The summed E-state index contributed by atoms with van der Waals surface area (Å²) in [5.41, 5.74) is 13.0. The molecule has 0 aliphatic rings. The minimum absolute atomic E-state index is 0.146. The van der Waals surface area contributed by atoms with Gasteiger partial charge in [-0.3, -0.25) is 14.1 Å². The van der Waals surface area contributed by atoms with Gasteiger partial charge in [-0.05, 0) is 18.1 Å². The van der Waals surface area contributed by atoms with E-state index in [-0.39, 0.29) is 5.96 Å². The second kappa shape index (κ2) is 9.26. The number of rotatable bonds is 5. The Morgan fingerprint density at radius 3 is 2.35 bits per heavy atom. The number of aliphatic imine (C=N–C) groups is 1. The van der Waals surface area contributed by atoms with E-state index in [2.05, 4.69) is 29.4 Å². The normalized spacial score (nSPS) is 10.3. The van der Waals surface area contributed by atoms with E-state index in [9.17, 15) is 0 Å². The van der Waals surface area contributed by atoms with Gasteiger partial charge in [0, 0.05) is 13.1 Å². The van der Waals surface area contributed by atoms with Gasteiger partial charge in [0.05, 0.1) is 6.54 Å². The van der Waals surface area contributed by atoms with Crippen LogP contribution >= 0.6 is 0 Å². The molecule has 9 heteroatoms. The number of aryl methyl sites for hydroxylation is 1. The lowest BCUT2D eigenvalue weighted by Crippen LogP contribution is -2.25. The van der Waals surface area contributed by atoms with Gasteiger partial charge in [0.25, 0.3) is 0 Å². The third kappa shape index (κ3) is 12.8. The number of benzene rings is 1. The first-order valence-electron chi connectivity index (χ1n) is 5.70. The van der Waals surface area contributed by atoms with Crippen molar-refractivity contribution < 1.29 is 17.5 Å². The lowest BCUT2D eigenvalue weighted by molar-refractivity contribution is 0.381. The van der Waals surface area contributed by atoms with E-state index in [4.69, 9.17) is 29.0 Å². The van der Waals surface area contributed by atoms with Crippen LogP contribution in [0.3, 0.4) is 0 Å². The van der Waals surface area contributed by atoms with Gasteiger partial charge in [0.2, 0.25) is 0 Å². The first-order valence-corrected chi connectivity index (χ1v) is 7.10. The quantitative estimate of drug-likeness (QED) is 0.217. The zero-order chi connectivity index (χ0) is 15.6. The van der Waals surface area contributed by atoms with E-state index in [1.807, 2.05) is 12.1 Å². The number of nitrogens with zero attached hydrogens (tertiary/aromatic N) is 1. The van der Waals surface area contributed by atoms with Gasteiger partial charge in [-0.15, -0.1) is 0 Å². The van der Waals surface area contributed by atoms with Crippen molar-refractivity contribution >= 4 is 16.4 Å². The van der Waals surface area contributed by atoms with Gasteiger partial charge in [-0.1, -0.05) is 24.3 Å². The summed E-state index contributed by atoms with van der Waals surface area (Å²) in [4.78, 5) is 3.89. The lowest BCUT2D eigenvalue weighted by Gasteiger charge is -2.06. The van der Waals surface area contributed by atoms with Crippen molar-refractivity contribution in [2.24, 2.45) is 16.5 Å². The van der Waals surface area contributed by atoms with Crippen molar-refractivity contribution in [1.29, 1.82) is 0 Å². The lowest BCUT2D eigenvalue weighted by atomic mass is 10.1. The van der Waals surface area contributed by atoms with E-state index in [1.165, 1.54) is 11.1 Å². The Kier molecular flexibility index (Phi) is 8.48. The number of hydrogen-bond acceptors (Lipinski definition) is 4. The van der Waals surface area contributed by atoms with Crippen LogP contribution in [0.15, 0.2) is 29.3 Å². The molecule has 0 atom stereocenters. The minimum atomic E-state index is -4.67.